The molecule has 0 aliphatic carbocycles. The summed E-state index contributed by atoms with van der Waals surface area (Å²) in [6.45, 7) is 1.44. The minimum absolute atomic E-state index is 0. The van der Waals surface area contributed by atoms with Crippen molar-refractivity contribution in [3.05, 3.63) is 64.1 Å². The maximum atomic E-state index is 11.2. The molecule has 2 rings (SSSR count). The fraction of sp³-hybridized carbons (Fsp3) is 0.200. The third-order valence-corrected chi connectivity index (χ3v) is 3.94. The molecule has 0 saturated carbocycles. The summed E-state index contributed by atoms with van der Waals surface area (Å²) < 4.78 is 26.0. The summed E-state index contributed by atoms with van der Waals surface area (Å²) in [5.74, 6) is 0. The van der Waals surface area contributed by atoms with Crippen LogP contribution < -0.4 is 10.0 Å². The van der Waals surface area contributed by atoms with Gasteiger partial charge in [0.1, 0.15) is 0 Å². The van der Waals surface area contributed by atoms with Crippen LogP contribution in [0.1, 0.15) is 11.1 Å². The molecule has 2 N–H and O–H groups in total. The van der Waals surface area contributed by atoms with Crippen molar-refractivity contribution in [3.63, 3.8) is 0 Å². The predicted molar refractivity (Wildman–Crippen MR) is 96.8 cm³/mol. The van der Waals surface area contributed by atoms with E-state index in [0.717, 1.165) is 22.8 Å². The van der Waals surface area contributed by atoms with E-state index in [9.17, 15) is 8.42 Å². The molecule has 0 unspecified atom stereocenters. The maximum Gasteiger partial charge on any atom is 0.229 e. The number of hydrogen-bond donors (Lipinski definition) is 2. The Morgan fingerprint density at radius 3 is 2.27 bits per heavy atom. The summed E-state index contributed by atoms with van der Waals surface area (Å²) in [7, 11) is -3.24. The van der Waals surface area contributed by atoms with Gasteiger partial charge in [0.2, 0.25) is 10.0 Å². The van der Waals surface area contributed by atoms with Gasteiger partial charge in [-0.2, -0.15) is 0 Å². The molecule has 0 heterocycles. The molecule has 0 saturated heterocycles. The molecule has 2 aromatic rings. The Hall–Kier alpha value is -1.08. The number of benzene rings is 2. The van der Waals surface area contributed by atoms with E-state index >= 15 is 0 Å². The van der Waals surface area contributed by atoms with Crippen molar-refractivity contribution >= 4 is 44.0 Å². The van der Waals surface area contributed by atoms with Gasteiger partial charge in [0.05, 0.1) is 6.26 Å². The number of anilines is 1. The highest BCUT2D eigenvalue weighted by Crippen LogP contribution is 2.13. The van der Waals surface area contributed by atoms with Crippen molar-refractivity contribution in [2.24, 2.45) is 0 Å². The zero-order valence-corrected chi connectivity index (χ0v) is 15.3. The van der Waals surface area contributed by atoms with Crippen LogP contribution in [0.3, 0.4) is 0 Å². The van der Waals surface area contributed by atoms with Gasteiger partial charge in [0, 0.05) is 23.2 Å². The topological polar surface area (TPSA) is 58.2 Å². The molecule has 0 radical (unpaired) electrons. The van der Waals surface area contributed by atoms with E-state index in [0.29, 0.717) is 12.2 Å². The lowest BCUT2D eigenvalue weighted by atomic mass is 10.2. The van der Waals surface area contributed by atoms with E-state index in [4.69, 9.17) is 0 Å². The monoisotopic (exact) mass is 404 g/mol. The van der Waals surface area contributed by atoms with Crippen LogP contribution in [0.4, 0.5) is 5.69 Å². The fourth-order valence-electron chi connectivity index (χ4n) is 1.91. The Morgan fingerprint density at radius 1 is 1.00 bits per heavy atom. The first-order chi connectivity index (χ1) is 9.92. The molecular formula is C15H18BrClN2O2S. The second-order valence-corrected chi connectivity index (χ2v) is 7.47. The van der Waals surface area contributed by atoms with Crippen LogP contribution in [0, 0.1) is 0 Å². The van der Waals surface area contributed by atoms with Crippen molar-refractivity contribution in [2.75, 3.05) is 11.0 Å². The van der Waals surface area contributed by atoms with E-state index in [1.165, 1.54) is 5.56 Å². The number of rotatable bonds is 6. The summed E-state index contributed by atoms with van der Waals surface area (Å²) in [5, 5.41) is 3.33. The Kier molecular flexibility index (Phi) is 7.35. The molecule has 0 aliphatic rings. The van der Waals surface area contributed by atoms with Gasteiger partial charge in [0.15, 0.2) is 0 Å². The largest absolute Gasteiger partial charge is 0.309 e. The Balaban J connectivity index is 0.00000242. The van der Waals surface area contributed by atoms with Crippen LogP contribution in [0.5, 0.6) is 0 Å². The predicted octanol–water partition coefficient (Wildman–Crippen LogP) is 3.53. The highest BCUT2D eigenvalue weighted by molar-refractivity contribution is 9.10. The van der Waals surface area contributed by atoms with E-state index in [1.54, 1.807) is 6.07 Å². The molecule has 0 amide bonds. The molecule has 0 aliphatic heterocycles. The van der Waals surface area contributed by atoms with Crippen molar-refractivity contribution in [1.29, 1.82) is 0 Å². The number of halogens is 2. The first kappa shape index (κ1) is 19.0. The molecule has 2 aromatic carbocycles. The summed E-state index contributed by atoms with van der Waals surface area (Å²) >= 11 is 3.41. The molecule has 0 atom stereocenters. The highest BCUT2D eigenvalue weighted by atomic mass is 79.9. The second kappa shape index (κ2) is 8.53. The van der Waals surface area contributed by atoms with Crippen molar-refractivity contribution in [2.45, 2.75) is 13.1 Å². The number of hydrogen-bond acceptors (Lipinski definition) is 3. The molecule has 7 heteroatoms. The molecule has 0 spiro atoms. The maximum absolute atomic E-state index is 11.2. The first-order valence-corrected chi connectivity index (χ1v) is 9.13. The summed E-state index contributed by atoms with van der Waals surface area (Å²) in [6, 6.07) is 15.5. The quantitative estimate of drug-likeness (QED) is 0.773. The SMILES string of the molecule is CS(=O)(=O)Nc1cccc(CNCc2ccc(Br)cc2)c1.Cl. The third kappa shape index (κ3) is 6.79. The minimum Gasteiger partial charge on any atom is -0.309 e. The molecule has 0 aromatic heterocycles. The van der Waals surface area contributed by atoms with Gasteiger partial charge in [-0.3, -0.25) is 4.72 Å². The van der Waals surface area contributed by atoms with Crippen molar-refractivity contribution in [3.8, 4) is 0 Å². The summed E-state index contributed by atoms with van der Waals surface area (Å²) in [6.07, 6.45) is 1.14. The molecule has 120 valence electrons. The van der Waals surface area contributed by atoms with Crippen LogP contribution in [-0.2, 0) is 23.1 Å². The van der Waals surface area contributed by atoms with Crippen LogP contribution >= 0.6 is 28.3 Å². The van der Waals surface area contributed by atoms with Gasteiger partial charge in [-0.15, -0.1) is 12.4 Å². The zero-order valence-electron chi connectivity index (χ0n) is 12.0. The van der Waals surface area contributed by atoms with Crippen molar-refractivity contribution in [1.82, 2.24) is 5.32 Å². The van der Waals surface area contributed by atoms with Gasteiger partial charge < -0.3 is 5.32 Å². The van der Waals surface area contributed by atoms with Crippen LogP contribution in [-0.4, -0.2) is 14.7 Å². The lowest BCUT2D eigenvalue weighted by molar-refractivity contribution is 0.607. The number of nitrogens with one attached hydrogen (secondary N) is 2. The third-order valence-electron chi connectivity index (χ3n) is 2.80. The second-order valence-electron chi connectivity index (χ2n) is 4.80. The first-order valence-electron chi connectivity index (χ1n) is 6.44. The lowest BCUT2D eigenvalue weighted by Gasteiger charge is -2.08. The Morgan fingerprint density at radius 2 is 1.64 bits per heavy atom. The van der Waals surface area contributed by atoms with E-state index in [1.807, 2.05) is 30.3 Å². The van der Waals surface area contributed by atoms with E-state index in [2.05, 4.69) is 38.1 Å². The lowest BCUT2D eigenvalue weighted by Crippen LogP contribution is -2.13. The molecule has 0 bridgehead atoms. The normalized spacial score (nSPS) is 10.8. The van der Waals surface area contributed by atoms with Crippen LogP contribution in [0.25, 0.3) is 0 Å². The average molecular weight is 406 g/mol. The van der Waals surface area contributed by atoms with Gasteiger partial charge in [-0.1, -0.05) is 40.2 Å². The average Bonchev–Trinajstić information content (AvgIpc) is 2.39. The zero-order chi connectivity index (χ0) is 15.3. The molecule has 0 fully saturated rings. The standard InChI is InChI=1S/C15H17BrN2O2S.ClH/c1-21(19,20)18-15-4-2-3-13(9-15)11-17-10-12-5-7-14(16)8-6-12;/h2-9,17-18H,10-11H2,1H3;1H. The summed E-state index contributed by atoms with van der Waals surface area (Å²) in [5.41, 5.74) is 2.81. The van der Waals surface area contributed by atoms with E-state index < -0.39 is 10.0 Å². The fourth-order valence-corrected chi connectivity index (χ4v) is 2.73. The smallest absolute Gasteiger partial charge is 0.229 e. The molecule has 4 nitrogen and oxygen atoms in total. The van der Waals surface area contributed by atoms with Crippen LogP contribution in [0.15, 0.2) is 53.0 Å². The van der Waals surface area contributed by atoms with Gasteiger partial charge in [-0.25, -0.2) is 8.42 Å². The van der Waals surface area contributed by atoms with Crippen molar-refractivity contribution < 1.29 is 8.42 Å². The molecular weight excluding hydrogens is 388 g/mol. The minimum atomic E-state index is -3.24. The summed E-state index contributed by atoms with van der Waals surface area (Å²) in [4.78, 5) is 0. The van der Waals surface area contributed by atoms with E-state index in [-0.39, 0.29) is 12.4 Å². The molecule has 22 heavy (non-hydrogen) atoms. The number of sulfonamides is 1. The Labute approximate surface area is 145 Å². The Bertz CT molecular complexity index is 706. The van der Waals surface area contributed by atoms with Gasteiger partial charge >= 0.3 is 0 Å². The van der Waals surface area contributed by atoms with Crippen LogP contribution in [0.2, 0.25) is 0 Å². The highest BCUT2D eigenvalue weighted by Gasteiger charge is 2.02. The van der Waals surface area contributed by atoms with Gasteiger partial charge in [-0.05, 0) is 35.4 Å². The van der Waals surface area contributed by atoms with Gasteiger partial charge in [0.25, 0.3) is 0 Å².